The number of anilines is 1. The monoisotopic (exact) mass is 375 g/mol. The van der Waals surface area contributed by atoms with Gasteiger partial charge in [0.25, 0.3) is 0 Å². The molecule has 1 aromatic carbocycles. The van der Waals surface area contributed by atoms with Gasteiger partial charge in [-0.1, -0.05) is 11.6 Å². The van der Waals surface area contributed by atoms with E-state index in [0.29, 0.717) is 6.54 Å². The number of halogens is 1. The normalized spacial score (nSPS) is 15.6. The molecule has 2 aromatic rings. The van der Waals surface area contributed by atoms with Crippen LogP contribution in [0, 0.1) is 0 Å². The highest BCUT2D eigenvalue weighted by atomic mass is 35.5. The Morgan fingerprint density at radius 1 is 1.16 bits per heavy atom. The zero-order valence-electron chi connectivity index (χ0n) is 14.0. The zero-order chi connectivity index (χ0) is 17.5. The van der Waals surface area contributed by atoms with E-state index in [2.05, 4.69) is 27.2 Å². The number of hydrogen-bond acceptors (Lipinski definition) is 4. The van der Waals surface area contributed by atoms with Crippen LogP contribution >= 0.6 is 22.9 Å². The molecule has 0 spiro atoms. The van der Waals surface area contributed by atoms with Crippen molar-refractivity contribution in [2.75, 3.05) is 44.2 Å². The van der Waals surface area contributed by atoms with Crippen LogP contribution in [0.15, 0.2) is 47.2 Å². The number of carbonyl (C=O) groups is 1. The number of benzene rings is 1. The summed E-state index contributed by atoms with van der Waals surface area (Å²) in [5.41, 5.74) is 2.29. The molecule has 0 radical (unpaired) electrons. The first-order valence-corrected chi connectivity index (χ1v) is 9.74. The summed E-state index contributed by atoms with van der Waals surface area (Å²) in [4.78, 5) is 16.6. The number of rotatable bonds is 6. The maximum absolute atomic E-state index is 11.8. The molecule has 0 atom stereocenters. The van der Waals surface area contributed by atoms with Gasteiger partial charge in [-0.2, -0.15) is 11.3 Å². The summed E-state index contributed by atoms with van der Waals surface area (Å²) in [6.45, 7) is 5.55. The lowest BCUT2D eigenvalue weighted by atomic mass is 10.2. The van der Waals surface area contributed by atoms with E-state index >= 15 is 0 Å². The summed E-state index contributed by atoms with van der Waals surface area (Å²) in [5.74, 6) is -0.0361. The first kappa shape index (κ1) is 18.0. The van der Waals surface area contributed by atoms with Crippen molar-refractivity contribution in [1.29, 1.82) is 0 Å². The van der Waals surface area contributed by atoms with Crippen molar-refractivity contribution >= 4 is 40.6 Å². The van der Waals surface area contributed by atoms with Crippen LogP contribution in [-0.4, -0.2) is 50.1 Å². The van der Waals surface area contributed by atoms with E-state index < -0.39 is 0 Å². The van der Waals surface area contributed by atoms with Crippen molar-refractivity contribution in [3.8, 4) is 0 Å². The minimum atomic E-state index is -0.0361. The number of thiophene rings is 1. The molecule has 1 aliphatic heterocycles. The smallest absolute Gasteiger partial charge is 0.244 e. The number of nitrogens with one attached hydrogen (secondary N) is 1. The fourth-order valence-electron chi connectivity index (χ4n) is 2.82. The van der Waals surface area contributed by atoms with E-state index in [0.717, 1.165) is 43.3 Å². The van der Waals surface area contributed by atoms with Crippen molar-refractivity contribution in [3.63, 3.8) is 0 Å². The molecule has 1 N–H and O–H groups in total. The van der Waals surface area contributed by atoms with Crippen LogP contribution < -0.4 is 10.2 Å². The van der Waals surface area contributed by atoms with Crippen molar-refractivity contribution < 1.29 is 4.79 Å². The van der Waals surface area contributed by atoms with Crippen molar-refractivity contribution in [2.45, 2.75) is 0 Å². The SMILES string of the molecule is O=C(/C=C/c1ccsc1)NCCN1CCN(c2ccc(Cl)cc2)CC1. The summed E-state index contributed by atoms with van der Waals surface area (Å²) < 4.78 is 0. The molecule has 4 nitrogen and oxygen atoms in total. The largest absolute Gasteiger partial charge is 0.369 e. The number of nitrogens with zero attached hydrogens (tertiary/aromatic N) is 2. The fourth-order valence-corrected chi connectivity index (χ4v) is 3.57. The molecule has 132 valence electrons. The van der Waals surface area contributed by atoms with Crippen LogP contribution in [0.4, 0.5) is 5.69 Å². The molecule has 0 saturated carbocycles. The molecule has 6 heteroatoms. The third-order valence-corrected chi connectivity index (χ3v) is 5.22. The van der Waals surface area contributed by atoms with Gasteiger partial charge in [-0.15, -0.1) is 0 Å². The number of hydrogen-bond donors (Lipinski definition) is 1. The van der Waals surface area contributed by atoms with Crippen LogP contribution in [-0.2, 0) is 4.79 Å². The summed E-state index contributed by atoms with van der Waals surface area (Å²) in [5, 5.41) is 7.74. The Hall–Kier alpha value is -1.82. The Balaban J connectivity index is 1.35. The van der Waals surface area contributed by atoms with Gasteiger partial charge in [0.2, 0.25) is 5.91 Å². The van der Waals surface area contributed by atoms with Crippen LogP contribution in [0.2, 0.25) is 5.02 Å². The predicted molar refractivity (Wildman–Crippen MR) is 106 cm³/mol. The molecule has 1 amide bonds. The molecule has 3 rings (SSSR count). The first-order valence-electron chi connectivity index (χ1n) is 8.42. The van der Waals surface area contributed by atoms with Gasteiger partial charge in [-0.05, 0) is 52.7 Å². The quantitative estimate of drug-likeness (QED) is 0.786. The van der Waals surface area contributed by atoms with Gasteiger partial charge >= 0.3 is 0 Å². The average molecular weight is 376 g/mol. The molecule has 1 aromatic heterocycles. The Bertz CT molecular complexity index is 692. The molecule has 2 heterocycles. The van der Waals surface area contributed by atoms with E-state index in [9.17, 15) is 4.79 Å². The van der Waals surface area contributed by atoms with E-state index in [1.807, 2.05) is 35.0 Å². The van der Waals surface area contributed by atoms with E-state index in [1.54, 1.807) is 17.4 Å². The van der Waals surface area contributed by atoms with Gasteiger partial charge in [-0.3, -0.25) is 9.69 Å². The fraction of sp³-hybridized carbons (Fsp3) is 0.316. The van der Waals surface area contributed by atoms with Crippen LogP contribution in [0.1, 0.15) is 5.56 Å². The molecular weight excluding hydrogens is 354 g/mol. The highest BCUT2D eigenvalue weighted by molar-refractivity contribution is 7.08. The third-order valence-electron chi connectivity index (χ3n) is 4.26. The van der Waals surface area contributed by atoms with Gasteiger partial charge in [-0.25, -0.2) is 0 Å². The molecule has 1 fully saturated rings. The Kier molecular flexibility index (Phi) is 6.50. The molecular formula is C19H22ClN3OS. The van der Waals surface area contributed by atoms with Gasteiger partial charge in [0.1, 0.15) is 0 Å². The molecule has 0 bridgehead atoms. The maximum atomic E-state index is 11.8. The van der Waals surface area contributed by atoms with Crippen molar-refractivity contribution in [2.24, 2.45) is 0 Å². The van der Waals surface area contributed by atoms with Crippen molar-refractivity contribution in [3.05, 3.63) is 57.8 Å². The second-order valence-electron chi connectivity index (χ2n) is 5.99. The van der Waals surface area contributed by atoms with Crippen LogP contribution in [0.5, 0.6) is 0 Å². The number of amides is 1. The minimum absolute atomic E-state index is 0.0361. The maximum Gasteiger partial charge on any atom is 0.244 e. The highest BCUT2D eigenvalue weighted by Crippen LogP contribution is 2.19. The lowest BCUT2D eigenvalue weighted by Gasteiger charge is -2.36. The zero-order valence-corrected chi connectivity index (χ0v) is 15.6. The van der Waals surface area contributed by atoms with E-state index in [-0.39, 0.29) is 5.91 Å². The highest BCUT2D eigenvalue weighted by Gasteiger charge is 2.16. The van der Waals surface area contributed by atoms with Crippen LogP contribution in [0.25, 0.3) is 6.08 Å². The topological polar surface area (TPSA) is 35.6 Å². The summed E-state index contributed by atoms with van der Waals surface area (Å²) >= 11 is 7.57. The predicted octanol–water partition coefficient (Wildman–Crippen LogP) is 3.35. The summed E-state index contributed by atoms with van der Waals surface area (Å²) in [6, 6.07) is 10.00. The van der Waals surface area contributed by atoms with E-state index in [1.165, 1.54) is 5.69 Å². The average Bonchev–Trinajstić information content (AvgIpc) is 3.15. The molecule has 0 unspecified atom stereocenters. The Morgan fingerprint density at radius 2 is 1.92 bits per heavy atom. The minimum Gasteiger partial charge on any atom is -0.369 e. The Labute approximate surface area is 157 Å². The van der Waals surface area contributed by atoms with Crippen LogP contribution in [0.3, 0.4) is 0 Å². The second-order valence-corrected chi connectivity index (χ2v) is 7.20. The summed E-state index contributed by atoms with van der Waals surface area (Å²) in [6.07, 6.45) is 3.44. The van der Waals surface area contributed by atoms with Gasteiger partial charge in [0, 0.05) is 56.1 Å². The number of carbonyl (C=O) groups excluding carboxylic acids is 1. The van der Waals surface area contributed by atoms with E-state index in [4.69, 9.17) is 11.6 Å². The molecule has 1 saturated heterocycles. The second kappa shape index (κ2) is 9.04. The van der Waals surface area contributed by atoms with Gasteiger partial charge in [0.15, 0.2) is 0 Å². The van der Waals surface area contributed by atoms with Gasteiger partial charge in [0.05, 0.1) is 0 Å². The molecule has 1 aliphatic rings. The lowest BCUT2D eigenvalue weighted by molar-refractivity contribution is -0.116. The standard InChI is InChI=1S/C19H22ClN3OS/c20-17-2-4-18(5-3-17)23-12-10-22(11-13-23)9-8-21-19(24)6-1-16-7-14-25-15-16/h1-7,14-15H,8-13H2,(H,21,24)/b6-1+. The lowest BCUT2D eigenvalue weighted by Crippen LogP contribution is -2.48. The van der Waals surface area contributed by atoms with Crippen molar-refractivity contribution in [1.82, 2.24) is 10.2 Å². The summed E-state index contributed by atoms with van der Waals surface area (Å²) in [7, 11) is 0. The third kappa shape index (κ3) is 5.59. The Morgan fingerprint density at radius 3 is 2.60 bits per heavy atom. The number of piperazine rings is 1. The molecule has 0 aliphatic carbocycles. The van der Waals surface area contributed by atoms with Gasteiger partial charge < -0.3 is 10.2 Å². The first-order chi connectivity index (χ1) is 12.2. The molecule has 25 heavy (non-hydrogen) atoms.